The van der Waals surface area contributed by atoms with E-state index in [-0.39, 0.29) is 16.9 Å². The molecular weight excluding hydrogens is 310 g/mol. The Morgan fingerprint density at radius 3 is 2.59 bits per heavy atom. The summed E-state index contributed by atoms with van der Waals surface area (Å²) in [6.07, 6.45) is 1.48. The average Bonchev–Trinajstić information content (AvgIpc) is 2.90. The zero-order valence-corrected chi connectivity index (χ0v) is 13.2. The number of benzene rings is 1. The highest BCUT2D eigenvalue weighted by Gasteiger charge is 2.21. The van der Waals surface area contributed by atoms with Gasteiger partial charge in [-0.15, -0.1) is 11.3 Å². The summed E-state index contributed by atoms with van der Waals surface area (Å²) >= 11 is 1.27. The molecule has 1 N–H and O–H groups in total. The van der Waals surface area contributed by atoms with Gasteiger partial charge < -0.3 is 10.1 Å². The minimum absolute atomic E-state index is 0.0774. The number of para-hydroxylation sites is 2. The van der Waals surface area contributed by atoms with E-state index in [0.29, 0.717) is 4.88 Å². The monoisotopic (exact) mass is 326 g/mol. The Hall–Kier alpha value is -2.02. The molecule has 0 radical (unpaired) electrons. The summed E-state index contributed by atoms with van der Waals surface area (Å²) in [6, 6.07) is 6.05. The molecule has 0 saturated heterocycles. The van der Waals surface area contributed by atoms with Gasteiger partial charge in [0.15, 0.2) is 0 Å². The molecule has 0 unspecified atom stereocenters. The van der Waals surface area contributed by atoms with Crippen LogP contribution in [0.25, 0.3) is 0 Å². The van der Waals surface area contributed by atoms with Crippen LogP contribution in [0.4, 0.5) is 14.5 Å². The molecule has 0 fully saturated rings. The van der Waals surface area contributed by atoms with Crippen molar-refractivity contribution in [1.29, 1.82) is 0 Å². The molecule has 2 aromatic rings. The minimum Gasteiger partial charge on any atom is -0.433 e. The van der Waals surface area contributed by atoms with E-state index in [1.807, 2.05) is 20.8 Å². The van der Waals surface area contributed by atoms with Crippen LogP contribution >= 0.6 is 11.3 Å². The Balaban J connectivity index is 2.17. The molecule has 0 atom stereocenters. The summed E-state index contributed by atoms with van der Waals surface area (Å²) in [5.41, 5.74) is 0.0402. The number of alkyl halides is 2. The number of nitrogens with zero attached hydrogens (tertiary/aromatic N) is 1. The molecule has 1 aromatic carbocycles. The molecule has 1 heterocycles. The SMILES string of the molecule is CC(C)(C)c1ncc(C(=O)Nc2ccccc2OC(F)F)s1. The third-order valence-electron chi connectivity index (χ3n) is 2.72. The Kier molecular flexibility index (Phi) is 4.75. The average molecular weight is 326 g/mol. The van der Waals surface area contributed by atoms with E-state index in [0.717, 1.165) is 5.01 Å². The summed E-state index contributed by atoms with van der Waals surface area (Å²) in [7, 11) is 0. The molecule has 1 aromatic heterocycles. The number of amides is 1. The van der Waals surface area contributed by atoms with Crippen LogP contribution in [0.1, 0.15) is 35.5 Å². The highest BCUT2D eigenvalue weighted by Crippen LogP contribution is 2.29. The summed E-state index contributed by atoms with van der Waals surface area (Å²) in [6.45, 7) is 3.05. The molecule has 0 aliphatic heterocycles. The molecule has 0 saturated carbocycles. The van der Waals surface area contributed by atoms with Gasteiger partial charge in [0.1, 0.15) is 10.6 Å². The number of hydrogen-bond acceptors (Lipinski definition) is 4. The van der Waals surface area contributed by atoms with E-state index in [9.17, 15) is 13.6 Å². The topological polar surface area (TPSA) is 51.2 Å². The first-order valence-electron chi connectivity index (χ1n) is 6.59. The number of carbonyl (C=O) groups is 1. The predicted octanol–water partition coefficient (Wildman–Crippen LogP) is 4.29. The third kappa shape index (κ3) is 4.00. The Bertz CT molecular complexity index is 666. The van der Waals surface area contributed by atoms with E-state index >= 15 is 0 Å². The quantitative estimate of drug-likeness (QED) is 0.911. The number of rotatable bonds is 4. The van der Waals surface area contributed by atoms with Gasteiger partial charge >= 0.3 is 6.61 Å². The Morgan fingerprint density at radius 2 is 2.00 bits per heavy atom. The second-order valence-electron chi connectivity index (χ2n) is 5.61. The van der Waals surface area contributed by atoms with Crippen molar-refractivity contribution in [1.82, 2.24) is 4.98 Å². The molecule has 1 amide bonds. The van der Waals surface area contributed by atoms with Gasteiger partial charge in [-0.25, -0.2) is 4.98 Å². The molecule has 0 spiro atoms. The summed E-state index contributed by atoms with van der Waals surface area (Å²) in [4.78, 5) is 16.8. The zero-order valence-electron chi connectivity index (χ0n) is 12.4. The second-order valence-corrected chi connectivity index (χ2v) is 6.64. The lowest BCUT2D eigenvalue weighted by molar-refractivity contribution is -0.0493. The molecule has 0 aliphatic rings. The lowest BCUT2D eigenvalue weighted by Gasteiger charge is -2.13. The van der Waals surface area contributed by atoms with Gasteiger partial charge in [0, 0.05) is 5.41 Å². The van der Waals surface area contributed by atoms with E-state index in [1.165, 1.54) is 29.7 Å². The first-order chi connectivity index (χ1) is 10.3. The van der Waals surface area contributed by atoms with Crippen LogP contribution in [0.3, 0.4) is 0 Å². The van der Waals surface area contributed by atoms with Gasteiger partial charge in [-0.3, -0.25) is 4.79 Å². The van der Waals surface area contributed by atoms with Gasteiger partial charge in [-0.1, -0.05) is 32.9 Å². The van der Waals surface area contributed by atoms with Gasteiger partial charge in [0.05, 0.1) is 16.9 Å². The molecular formula is C15H16F2N2O2S. The van der Waals surface area contributed by atoms with E-state index < -0.39 is 12.5 Å². The number of halogens is 2. The smallest absolute Gasteiger partial charge is 0.387 e. The van der Waals surface area contributed by atoms with E-state index in [4.69, 9.17) is 0 Å². The van der Waals surface area contributed by atoms with Crippen LogP contribution in [-0.2, 0) is 5.41 Å². The third-order valence-corrected chi connectivity index (χ3v) is 4.14. The lowest BCUT2D eigenvalue weighted by Crippen LogP contribution is -2.13. The summed E-state index contributed by atoms with van der Waals surface area (Å²) < 4.78 is 29.1. The normalized spacial score (nSPS) is 11.5. The number of ether oxygens (including phenoxy) is 1. The molecule has 22 heavy (non-hydrogen) atoms. The Morgan fingerprint density at radius 1 is 1.32 bits per heavy atom. The number of anilines is 1. The standard InChI is InChI=1S/C15H16F2N2O2S/c1-15(2,3)13-18-8-11(22-13)12(20)19-9-6-4-5-7-10(9)21-14(16)17/h4-8,14H,1-3H3,(H,19,20). The highest BCUT2D eigenvalue weighted by atomic mass is 32.1. The van der Waals surface area contributed by atoms with Crippen molar-refractivity contribution < 1.29 is 18.3 Å². The molecule has 7 heteroatoms. The maximum Gasteiger partial charge on any atom is 0.387 e. The number of hydrogen-bond donors (Lipinski definition) is 1. The van der Waals surface area contributed by atoms with Crippen LogP contribution in [0.2, 0.25) is 0 Å². The molecule has 4 nitrogen and oxygen atoms in total. The van der Waals surface area contributed by atoms with Crippen LogP contribution in [-0.4, -0.2) is 17.5 Å². The fourth-order valence-corrected chi connectivity index (χ4v) is 2.55. The molecule has 0 bridgehead atoms. The van der Waals surface area contributed by atoms with Crippen molar-refractivity contribution in [2.75, 3.05) is 5.32 Å². The second kappa shape index (κ2) is 6.39. The molecule has 2 rings (SSSR count). The number of nitrogens with one attached hydrogen (secondary N) is 1. The van der Waals surface area contributed by atoms with Gasteiger partial charge in [-0.2, -0.15) is 8.78 Å². The van der Waals surface area contributed by atoms with Crippen LogP contribution < -0.4 is 10.1 Å². The number of carbonyl (C=O) groups excluding carboxylic acids is 1. The maximum absolute atomic E-state index is 12.4. The highest BCUT2D eigenvalue weighted by molar-refractivity contribution is 7.13. The first kappa shape index (κ1) is 16.4. The minimum atomic E-state index is -2.95. The largest absolute Gasteiger partial charge is 0.433 e. The fraction of sp³-hybridized carbons (Fsp3) is 0.333. The van der Waals surface area contributed by atoms with Gasteiger partial charge in [-0.05, 0) is 12.1 Å². The van der Waals surface area contributed by atoms with Crippen molar-refractivity contribution in [3.63, 3.8) is 0 Å². The predicted molar refractivity (Wildman–Crippen MR) is 81.8 cm³/mol. The maximum atomic E-state index is 12.4. The van der Waals surface area contributed by atoms with E-state index in [1.54, 1.807) is 12.1 Å². The lowest BCUT2D eigenvalue weighted by atomic mass is 9.98. The van der Waals surface area contributed by atoms with Gasteiger partial charge in [0.2, 0.25) is 0 Å². The first-order valence-corrected chi connectivity index (χ1v) is 7.40. The van der Waals surface area contributed by atoms with Crippen molar-refractivity contribution >= 4 is 22.9 Å². The number of aromatic nitrogens is 1. The van der Waals surface area contributed by atoms with Crippen LogP contribution in [0.5, 0.6) is 5.75 Å². The fourth-order valence-electron chi connectivity index (χ4n) is 1.68. The van der Waals surface area contributed by atoms with Crippen molar-refractivity contribution in [2.24, 2.45) is 0 Å². The Labute approximate surface area is 131 Å². The summed E-state index contributed by atoms with van der Waals surface area (Å²) in [5, 5.41) is 3.40. The van der Waals surface area contributed by atoms with Crippen molar-refractivity contribution in [3.05, 3.63) is 40.3 Å². The molecule has 118 valence electrons. The zero-order chi connectivity index (χ0) is 16.3. The van der Waals surface area contributed by atoms with E-state index in [2.05, 4.69) is 15.0 Å². The number of thiazole rings is 1. The van der Waals surface area contributed by atoms with Crippen LogP contribution in [0.15, 0.2) is 30.5 Å². The summed E-state index contributed by atoms with van der Waals surface area (Å²) in [5.74, 6) is -0.482. The molecule has 0 aliphatic carbocycles. The van der Waals surface area contributed by atoms with Gasteiger partial charge in [0.25, 0.3) is 5.91 Å². The van der Waals surface area contributed by atoms with Crippen molar-refractivity contribution in [3.8, 4) is 5.75 Å². The van der Waals surface area contributed by atoms with Crippen molar-refractivity contribution in [2.45, 2.75) is 32.8 Å². The van der Waals surface area contributed by atoms with Crippen LogP contribution in [0, 0.1) is 0 Å².